The lowest BCUT2D eigenvalue weighted by Crippen LogP contribution is -2.40. The topological polar surface area (TPSA) is 49.8 Å². The minimum absolute atomic E-state index is 0.110. The first kappa shape index (κ1) is 14.5. The van der Waals surface area contributed by atoms with Crippen LogP contribution in [0.4, 0.5) is 0 Å². The first-order chi connectivity index (χ1) is 8.27. The van der Waals surface area contributed by atoms with Crippen LogP contribution in [0, 0.1) is 0 Å². The quantitative estimate of drug-likeness (QED) is 0.519. The highest BCUT2D eigenvalue weighted by Gasteiger charge is 2.24. The van der Waals surface area contributed by atoms with Gasteiger partial charge in [-0.25, -0.2) is 0 Å². The third kappa shape index (κ3) is 5.50. The number of carbonyl (C=O) groups excluding carboxylic acids is 1. The molecule has 100 valence electrons. The van der Waals surface area contributed by atoms with Gasteiger partial charge in [-0.05, 0) is 19.3 Å². The van der Waals surface area contributed by atoms with Gasteiger partial charge in [-0.3, -0.25) is 9.69 Å². The molecular formula is C13H25NO3. The molecular weight excluding hydrogens is 218 g/mol. The van der Waals surface area contributed by atoms with Gasteiger partial charge in [-0.15, -0.1) is 0 Å². The average molecular weight is 243 g/mol. The van der Waals surface area contributed by atoms with Gasteiger partial charge in [0.05, 0.1) is 19.8 Å². The van der Waals surface area contributed by atoms with Gasteiger partial charge in [0.25, 0.3) is 0 Å². The molecule has 0 radical (unpaired) electrons. The normalized spacial score (nSPS) is 16.6. The van der Waals surface area contributed by atoms with Gasteiger partial charge >= 0.3 is 5.97 Å². The molecule has 0 heterocycles. The van der Waals surface area contributed by atoms with E-state index in [4.69, 9.17) is 9.84 Å². The summed E-state index contributed by atoms with van der Waals surface area (Å²) in [6.45, 7) is 3.61. The van der Waals surface area contributed by atoms with E-state index in [1.165, 1.54) is 12.8 Å². The highest BCUT2D eigenvalue weighted by Crippen LogP contribution is 2.23. The Kier molecular flexibility index (Phi) is 7.21. The molecule has 0 saturated heterocycles. The zero-order valence-electron chi connectivity index (χ0n) is 10.9. The van der Waals surface area contributed by atoms with Gasteiger partial charge in [0.15, 0.2) is 0 Å². The van der Waals surface area contributed by atoms with Gasteiger partial charge < -0.3 is 9.84 Å². The van der Waals surface area contributed by atoms with Gasteiger partial charge in [0.1, 0.15) is 0 Å². The van der Waals surface area contributed by atoms with Crippen LogP contribution in [0.2, 0.25) is 0 Å². The summed E-state index contributed by atoms with van der Waals surface area (Å²) < 4.78 is 5.16. The lowest BCUT2D eigenvalue weighted by atomic mass is 10.2. The summed E-state index contributed by atoms with van der Waals surface area (Å²) in [5.74, 6) is -0.154. The number of carbonyl (C=O) groups is 1. The summed E-state index contributed by atoms with van der Waals surface area (Å²) in [5, 5.41) is 9.03. The van der Waals surface area contributed by atoms with Gasteiger partial charge in [-0.2, -0.15) is 0 Å². The highest BCUT2D eigenvalue weighted by molar-refractivity contribution is 5.71. The third-order valence-corrected chi connectivity index (χ3v) is 3.32. The van der Waals surface area contributed by atoms with Crippen molar-refractivity contribution >= 4 is 5.97 Å². The molecule has 1 aliphatic rings. The Morgan fingerprint density at radius 2 is 2.12 bits per heavy atom. The van der Waals surface area contributed by atoms with Crippen molar-refractivity contribution in [3.8, 4) is 0 Å². The molecule has 0 unspecified atom stereocenters. The molecule has 1 aliphatic carbocycles. The number of unbranched alkanes of at least 4 members (excludes halogenated alkanes) is 1. The summed E-state index contributed by atoms with van der Waals surface area (Å²) in [4.78, 5) is 13.7. The summed E-state index contributed by atoms with van der Waals surface area (Å²) in [6, 6.07) is 0.459. The van der Waals surface area contributed by atoms with Crippen molar-refractivity contribution in [2.75, 3.05) is 26.3 Å². The second-order valence-electron chi connectivity index (χ2n) is 4.71. The number of hydrogen-bond donors (Lipinski definition) is 1. The molecule has 4 heteroatoms. The second-order valence-corrected chi connectivity index (χ2v) is 4.71. The number of rotatable bonds is 8. The number of esters is 1. The van der Waals surface area contributed by atoms with Crippen LogP contribution in [-0.2, 0) is 9.53 Å². The highest BCUT2D eigenvalue weighted by atomic mass is 16.5. The summed E-state index contributed by atoms with van der Waals surface area (Å²) in [7, 11) is 0. The van der Waals surface area contributed by atoms with E-state index < -0.39 is 0 Å². The Bertz CT molecular complexity index is 215. The Hall–Kier alpha value is -0.610. The van der Waals surface area contributed by atoms with E-state index in [0.717, 1.165) is 25.7 Å². The van der Waals surface area contributed by atoms with E-state index in [1.54, 1.807) is 0 Å². The second kappa shape index (κ2) is 8.48. The van der Waals surface area contributed by atoms with E-state index in [1.807, 2.05) is 0 Å². The monoisotopic (exact) mass is 243 g/mol. The Morgan fingerprint density at radius 1 is 1.41 bits per heavy atom. The Balaban J connectivity index is 2.29. The van der Waals surface area contributed by atoms with Crippen LogP contribution in [0.5, 0.6) is 0 Å². The predicted molar refractivity (Wildman–Crippen MR) is 66.8 cm³/mol. The van der Waals surface area contributed by atoms with Crippen molar-refractivity contribution in [3.05, 3.63) is 0 Å². The maximum Gasteiger partial charge on any atom is 0.320 e. The molecule has 0 aromatic carbocycles. The van der Waals surface area contributed by atoms with Crippen molar-refractivity contribution in [2.24, 2.45) is 0 Å². The third-order valence-electron chi connectivity index (χ3n) is 3.32. The van der Waals surface area contributed by atoms with E-state index >= 15 is 0 Å². The molecule has 0 aromatic heterocycles. The van der Waals surface area contributed by atoms with Gasteiger partial charge in [0, 0.05) is 12.6 Å². The fourth-order valence-corrected chi connectivity index (χ4v) is 2.33. The number of ether oxygens (including phenoxy) is 1. The van der Waals surface area contributed by atoms with Crippen LogP contribution in [0.3, 0.4) is 0 Å². The van der Waals surface area contributed by atoms with E-state index in [2.05, 4.69) is 11.8 Å². The van der Waals surface area contributed by atoms with Crippen molar-refractivity contribution in [3.63, 3.8) is 0 Å². The van der Waals surface area contributed by atoms with Crippen LogP contribution in [0.25, 0.3) is 0 Å². The first-order valence-electron chi connectivity index (χ1n) is 6.78. The van der Waals surface area contributed by atoms with Crippen LogP contribution in [0.15, 0.2) is 0 Å². The summed E-state index contributed by atoms with van der Waals surface area (Å²) >= 11 is 0. The molecule has 1 rings (SSSR count). The number of hydrogen-bond acceptors (Lipinski definition) is 4. The zero-order chi connectivity index (χ0) is 12.5. The van der Waals surface area contributed by atoms with Crippen molar-refractivity contribution in [2.45, 2.75) is 51.5 Å². The molecule has 1 N–H and O–H groups in total. The minimum Gasteiger partial charge on any atom is -0.465 e. The van der Waals surface area contributed by atoms with E-state index in [0.29, 0.717) is 25.7 Å². The fourth-order valence-electron chi connectivity index (χ4n) is 2.33. The predicted octanol–water partition coefficient (Wildman–Crippen LogP) is 1.57. The van der Waals surface area contributed by atoms with Crippen LogP contribution in [0.1, 0.15) is 45.4 Å². The molecule has 1 saturated carbocycles. The van der Waals surface area contributed by atoms with Gasteiger partial charge in [0.2, 0.25) is 0 Å². The summed E-state index contributed by atoms with van der Waals surface area (Å²) in [5.41, 5.74) is 0. The van der Waals surface area contributed by atoms with Gasteiger partial charge in [-0.1, -0.05) is 26.2 Å². The largest absolute Gasteiger partial charge is 0.465 e. The fraction of sp³-hybridized carbons (Fsp3) is 0.923. The molecule has 1 fully saturated rings. The molecule has 4 nitrogen and oxygen atoms in total. The molecule has 0 amide bonds. The molecule has 0 aromatic rings. The zero-order valence-corrected chi connectivity index (χ0v) is 10.9. The van der Waals surface area contributed by atoms with Crippen molar-refractivity contribution < 1.29 is 14.6 Å². The lowest BCUT2D eigenvalue weighted by molar-refractivity contribution is -0.145. The Morgan fingerprint density at radius 3 is 2.71 bits per heavy atom. The molecule has 0 bridgehead atoms. The average Bonchev–Trinajstić information content (AvgIpc) is 2.82. The molecule has 0 spiro atoms. The Labute approximate surface area is 104 Å². The maximum absolute atomic E-state index is 11.6. The molecule has 0 aliphatic heterocycles. The maximum atomic E-state index is 11.6. The SMILES string of the molecule is CCCCOC(=O)CN(CCO)C1CCCC1. The number of aliphatic hydroxyl groups excluding tert-OH is 1. The number of aliphatic hydroxyl groups is 1. The van der Waals surface area contributed by atoms with E-state index in [9.17, 15) is 4.79 Å². The standard InChI is InChI=1S/C13H25NO3/c1-2-3-10-17-13(16)11-14(8-9-15)12-6-4-5-7-12/h12,15H,2-11H2,1H3. The lowest BCUT2D eigenvalue weighted by Gasteiger charge is -2.26. The molecule has 0 atom stereocenters. The first-order valence-corrected chi connectivity index (χ1v) is 6.78. The van der Waals surface area contributed by atoms with Crippen LogP contribution in [-0.4, -0.2) is 48.3 Å². The van der Waals surface area contributed by atoms with Crippen molar-refractivity contribution in [1.82, 2.24) is 4.90 Å². The van der Waals surface area contributed by atoms with Crippen LogP contribution >= 0.6 is 0 Å². The smallest absolute Gasteiger partial charge is 0.320 e. The number of nitrogens with zero attached hydrogens (tertiary/aromatic N) is 1. The molecule has 17 heavy (non-hydrogen) atoms. The van der Waals surface area contributed by atoms with Crippen LogP contribution < -0.4 is 0 Å². The van der Waals surface area contributed by atoms with E-state index in [-0.39, 0.29) is 12.6 Å². The van der Waals surface area contributed by atoms with Crippen molar-refractivity contribution in [1.29, 1.82) is 0 Å². The summed E-state index contributed by atoms with van der Waals surface area (Å²) in [6.07, 6.45) is 6.71. The minimum atomic E-state index is -0.154.